The van der Waals surface area contributed by atoms with Crippen LogP contribution in [0.1, 0.15) is 0 Å². The van der Waals surface area contributed by atoms with Gasteiger partial charge in [-0.05, 0) is 57.9 Å². The molecular formula is C19H13N7S2. The highest BCUT2D eigenvalue weighted by Crippen LogP contribution is 2.33. The van der Waals surface area contributed by atoms with Gasteiger partial charge < -0.3 is 0 Å². The number of aromatic nitrogens is 7. The van der Waals surface area contributed by atoms with Gasteiger partial charge in [-0.2, -0.15) is 4.68 Å². The lowest BCUT2D eigenvalue weighted by Gasteiger charge is -2.09. The summed E-state index contributed by atoms with van der Waals surface area (Å²) in [4.78, 5) is 1.05. The molecule has 136 valence electrons. The van der Waals surface area contributed by atoms with E-state index in [4.69, 9.17) is 0 Å². The molecule has 3 aromatic heterocycles. The van der Waals surface area contributed by atoms with Crippen molar-refractivity contribution in [3.05, 3.63) is 78.2 Å². The molecule has 5 rings (SSSR count). The van der Waals surface area contributed by atoms with Crippen LogP contribution in [-0.2, 0) is 0 Å². The van der Waals surface area contributed by atoms with E-state index >= 15 is 0 Å². The molecule has 0 amide bonds. The molecule has 0 bridgehead atoms. The summed E-state index contributed by atoms with van der Waals surface area (Å²) in [6.07, 6.45) is 0. The number of tetrazole rings is 1. The van der Waals surface area contributed by atoms with Crippen LogP contribution in [0.4, 0.5) is 0 Å². The van der Waals surface area contributed by atoms with Crippen LogP contribution in [0, 0.1) is 0 Å². The second kappa shape index (κ2) is 7.37. The van der Waals surface area contributed by atoms with Crippen molar-refractivity contribution in [2.75, 3.05) is 0 Å². The number of hydrogen-bond donors (Lipinski definition) is 0. The van der Waals surface area contributed by atoms with Gasteiger partial charge in [-0.15, -0.1) is 26.6 Å². The minimum atomic E-state index is 0.619. The molecule has 0 radical (unpaired) electrons. The maximum absolute atomic E-state index is 4.44. The second-order valence-corrected chi connectivity index (χ2v) is 7.65. The Morgan fingerprint density at radius 3 is 2.18 bits per heavy atom. The summed E-state index contributed by atoms with van der Waals surface area (Å²) in [6.45, 7) is 0. The van der Waals surface area contributed by atoms with Crippen LogP contribution in [0.25, 0.3) is 22.1 Å². The Labute approximate surface area is 168 Å². The molecule has 3 heterocycles. The van der Waals surface area contributed by atoms with Gasteiger partial charge >= 0.3 is 0 Å². The summed E-state index contributed by atoms with van der Waals surface area (Å²) in [5, 5.41) is 24.4. The first-order valence-electron chi connectivity index (χ1n) is 8.46. The minimum Gasteiger partial charge on any atom is -0.269 e. The molecule has 0 saturated heterocycles. The molecule has 0 aliphatic rings. The van der Waals surface area contributed by atoms with E-state index < -0.39 is 0 Å². The Morgan fingerprint density at radius 1 is 0.714 bits per heavy atom. The molecule has 0 aliphatic heterocycles. The molecule has 0 atom stereocenters. The average Bonchev–Trinajstić information content (AvgIpc) is 3.50. The van der Waals surface area contributed by atoms with Crippen molar-refractivity contribution in [3.63, 3.8) is 0 Å². The quantitative estimate of drug-likeness (QED) is 0.439. The van der Waals surface area contributed by atoms with Crippen LogP contribution in [0.15, 0.2) is 88.5 Å². The Bertz CT molecular complexity index is 1180. The smallest absolute Gasteiger partial charge is 0.221 e. The van der Waals surface area contributed by atoms with E-state index in [0.717, 1.165) is 22.1 Å². The third-order valence-electron chi connectivity index (χ3n) is 4.01. The summed E-state index contributed by atoms with van der Waals surface area (Å²) >= 11 is 3.00. The molecule has 0 fully saturated rings. The van der Waals surface area contributed by atoms with E-state index in [2.05, 4.69) is 25.7 Å². The summed E-state index contributed by atoms with van der Waals surface area (Å²) in [5.74, 6) is 0.794. The highest BCUT2D eigenvalue weighted by molar-refractivity contribution is 7.99. The van der Waals surface area contributed by atoms with Gasteiger partial charge in [0.05, 0.1) is 10.6 Å². The van der Waals surface area contributed by atoms with Crippen LogP contribution in [0.3, 0.4) is 0 Å². The molecule has 0 aliphatic carbocycles. The van der Waals surface area contributed by atoms with Crippen LogP contribution in [-0.4, -0.2) is 35.0 Å². The molecule has 9 heteroatoms. The van der Waals surface area contributed by atoms with E-state index in [9.17, 15) is 0 Å². The van der Waals surface area contributed by atoms with Gasteiger partial charge in [-0.25, -0.2) is 0 Å². The fourth-order valence-electron chi connectivity index (χ4n) is 2.77. The predicted octanol–water partition coefficient (Wildman–Crippen LogP) is 4.12. The van der Waals surface area contributed by atoms with E-state index in [1.165, 1.54) is 11.8 Å². The van der Waals surface area contributed by atoms with Crippen molar-refractivity contribution in [3.8, 4) is 22.1 Å². The molecule has 0 unspecified atom stereocenters. The Hall–Kier alpha value is -3.30. The first-order valence-corrected chi connectivity index (χ1v) is 10.2. The Morgan fingerprint density at radius 2 is 1.46 bits per heavy atom. The van der Waals surface area contributed by atoms with Gasteiger partial charge in [0.1, 0.15) is 0 Å². The zero-order valence-corrected chi connectivity index (χ0v) is 16.1. The van der Waals surface area contributed by atoms with E-state index in [1.807, 2.05) is 82.7 Å². The topological polar surface area (TPSA) is 74.3 Å². The molecule has 2 aromatic carbocycles. The standard InChI is InChI=1S/C19H13N7S2/c1-3-8-14(9-4-1)25-17(16-12-7-13-27-16)20-21-18(25)28-19-22-23-24-26(19)15-10-5-2-6-11-15/h1-13H. The maximum atomic E-state index is 4.44. The predicted molar refractivity (Wildman–Crippen MR) is 108 cm³/mol. The normalized spacial score (nSPS) is 11.0. The lowest BCUT2D eigenvalue weighted by Crippen LogP contribution is -2.01. The van der Waals surface area contributed by atoms with Gasteiger partial charge in [-0.1, -0.05) is 42.5 Å². The molecule has 5 aromatic rings. The van der Waals surface area contributed by atoms with Gasteiger partial charge in [0.2, 0.25) is 10.3 Å². The fourth-order valence-corrected chi connectivity index (χ4v) is 4.30. The van der Waals surface area contributed by atoms with Crippen LogP contribution < -0.4 is 0 Å². The highest BCUT2D eigenvalue weighted by Gasteiger charge is 2.20. The minimum absolute atomic E-state index is 0.619. The Kier molecular flexibility index (Phi) is 4.43. The largest absolute Gasteiger partial charge is 0.269 e. The van der Waals surface area contributed by atoms with Crippen molar-refractivity contribution >= 4 is 23.1 Å². The van der Waals surface area contributed by atoms with Gasteiger partial charge in [-0.3, -0.25) is 4.57 Å². The number of rotatable bonds is 5. The van der Waals surface area contributed by atoms with Gasteiger partial charge in [0.15, 0.2) is 5.82 Å². The lowest BCUT2D eigenvalue weighted by molar-refractivity contribution is 0.753. The van der Waals surface area contributed by atoms with Crippen molar-refractivity contribution in [2.45, 2.75) is 10.3 Å². The maximum Gasteiger partial charge on any atom is 0.221 e. The van der Waals surface area contributed by atoms with E-state index in [1.54, 1.807) is 16.0 Å². The van der Waals surface area contributed by atoms with E-state index in [0.29, 0.717) is 10.3 Å². The lowest BCUT2D eigenvalue weighted by atomic mass is 10.3. The first kappa shape index (κ1) is 16.8. The number of hydrogen-bond acceptors (Lipinski definition) is 7. The first-order chi connectivity index (χ1) is 13.9. The molecule has 28 heavy (non-hydrogen) atoms. The van der Waals surface area contributed by atoms with Crippen LogP contribution in [0.5, 0.6) is 0 Å². The third kappa shape index (κ3) is 3.10. The monoisotopic (exact) mass is 403 g/mol. The summed E-state index contributed by atoms with van der Waals surface area (Å²) in [5.41, 5.74) is 1.87. The Balaban J connectivity index is 1.60. The van der Waals surface area contributed by atoms with Crippen molar-refractivity contribution < 1.29 is 0 Å². The number of thiophene rings is 1. The van der Waals surface area contributed by atoms with Gasteiger partial charge in [0, 0.05) is 5.69 Å². The SMILES string of the molecule is c1ccc(-n2nnnc2Sc2nnc(-c3cccs3)n2-c2ccccc2)cc1. The van der Waals surface area contributed by atoms with Crippen molar-refractivity contribution in [1.29, 1.82) is 0 Å². The molecule has 0 saturated carbocycles. The molecule has 0 spiro atoms. The van der Waals surface area contributed by atoms with Crippen LogP contribution in [0.2, 0.25) is 0 Å². The number of nitrogens with zero attached hydrogens (tertiary/aromatic N) is 7. The number of para-hydroxylation sites is 2. The van der Waals surface area contributed by atoms with Gasteiger partial charge in [0.25, 0.3) is 0 Å². The zero-order chi connectivity index (χ0) is 18.8. The summed E-state index contributed by atoms with van der Waals surface area (Å²) in [7, 11) is 0. The molecular weight excluding hydrogens is 390 g/mol. The molecule has 7 nitrogen and oxygen atoms in total. The highest BCUT2D eigenvalue weighted by atomic mass is 32.2. The van der Waals surface area contributed by atoms with Crippen molar-refractivity contribution in [1.82, 2.24) is 35.0 Å². The summed E-state index contributed by atoms with van der Waals surface area (Å²) in [6, 6.07) is 23.9. The molecule has 0 N–H and O–H groups in total. The summed E-state index contributed by atoms with van der Waals surface area (Å²) < 4.78 is 3.72. The van der Waals surface area contributed by atoms with Crippen LogP contribution >= 0.6 is 23.1 Å². The third-order valence-corrected chi connectivity index (χ3v) is 5.76. The average molecular weight is 403 g/mol. The second-order valence-electron chi connectivity index (χ2n) is 5.77. The number of benzene rings is 2. The van der Waals surface area contributed by atoms with E-state index in [-0.39, 0.29) is 0 Å². The fraction of sp³-hybridized carbons (Fsp3) is 0. The van der Waals surface area contributed by atoms with Crippen molar-refractivity contribution in [2.24, 2.45) is 0 Å². The zero-order valence-electron chi connectivity index (χ0n) is 14.5.